The molecule has 0 fully saturated rings. The minimum absolute atomic E-state index is 0.0789. The lowest BCUT2D eigenvalue weighted by Gasteiger charge is -2.07. The smallest absolute Gasteiger partial charge is 0.261 e. The number of anilines is 1. The van der Waals surface area contributed by atoms with Crippen LogP contribution in [0.5, 0.6) is 0 Å². The molecule has 0 saturated heterocycles. The molecular formula is C25H20N2O2. The standard InChI is InChI=1S/C25H20N2O2/c1-17-7-13-21(14-8-17)26-24(28)22-15-16-23(27-25(22)29)20-11-9-19(10-12-20)18-5-3-2-4-6-18/h2-16H,1H3,(H,26,28)(H,27,29). The first-order valence-corrected chi connectivity index (χ1v) is 9.37. The number of carbonyl (C=O) groups excluding carboxylic acids is 1. The number of hydrogen-bond donors (Lipinski definition) is 2. The number of aromatic nitrogens is 1. The molecule has 0 bridgehead atoms. The van der Waals surface area contributed by atoms with E-state index in [9.17, 15) is 9.59 Å². The van der Waals surface area contributed by atoms with Gasteiger partial charge in [0.15, 0.2) is 0 Å². The Balaban J connectivity index is 1.54. The van der Waals surface area contributed by atoms with E-state index in [0.717, 1.165) is 22.3 Å². The lowest BCUT2D eigenvalue weighted by atomic mass is 10.0. The van der Waals surface area contributed by atoms with Crippen LogP contribution in [0.1, 0.15) is 15.9 Å². The minimum atomic E-state index is -0.430. The molecule has 1 heterocycles. The van der Waals surface area contributed by atoms with Crippen LogP contribution in [0.15, 0.2) is 95.8 Å². The Kier molecular flexibility index (Phi) is 5.08. The molecule has 2 N–H and O–H groups in total. The van der Waals surface area contributed by atoms with Crippen molar-refractivity contribution in [3.05, 3.63) is 112 Å². The van der Waals surface area contributed by atoms with Gasteiger partial charge in [-0.3, -0.25) is 9.59 Å². The van der Waals surface area contributed by atoms with Crippen LogP contribution in [-0.4, -0.2) is 10.9 Å². The van der Waals surface area contributed by atoms with Crippen molar-refractivity contribution >= 4 is 11.6 Å². The maximum absolute atomic E-state index is 12.5. The van der Waals surface area contributed by atoms with E-state index in [1.807, 2.05) is 73.7 Å². The van der Waals surface area contributed by atoms with E-state index in [-0.39, 0.29) is 5.56 Å². The zero-order valence-corrected chi connectivity index (χ0v) is 16.0. The van der Waals surface area contributed by atoms with Crippen LogP contribution in [0.2, 0.25) is 0 Å². The Morgan fingerprint density at radius 2 is 1.34 bits per heavy atom. The van der Waals surface area contributed by atoms with E-state index in [2.05, 4.69) is 22.4 Å². The predicted octanol–water partition coefficient (Wildman–Crippen LogP) is 5.27. The van der Waals surface area contributed by atoms with Gasteiger partial charge >= 0.3 is 0 Å². The summed E-state index contributed by atoms with van der Waals surface area (Å²) in [7, 11) is 0. The molecule has 0 spiro atoms. The predicted molar refractivity (Wildman–Crippen MR) is 117 cm³/mol. The average Bonchev–Trinajstić information content (AvgIpc) is 2.76. The molecule has 0 unspecified atom stereocenters. The second kappa shape index (κ2) is 7.98. The summed E-state index contributed by atoms with van der Waals surface area (Å²) in [6, 6.07) is 28.8. The molecular weight excluding hydrogens is 360 g/mol. The van der Waals surface area contributed by atoms with Crippen LogP contribution < -0.4 is 10.9 Å². The van der Waals surface area contributed by atoms with Crippen molar-refractivity contribution in [1.29, 1.82) is 0 Å². The van der Waals surface area contributed by atoms with Crippen LogP contribution in [0.3, 0.4) is 0 Å². The van der Waals surface area contributed by atoms with E-state index < -0.39 is 11.5 Å². The first kappa shape index (κ1) is 18.4. The van der Waals surface area contributed by atoms with Gasteiger partial charge in [0, 0.05) is 11.4 Å². The summed E-state index contributed by atoms with van der Waals surface area (Å²) in [5.74, 6) is -0.430. The van der Waals surface area contributed by atoms with Gasteiger partial charge in [-0.15, -0.1) is 0 Å². The SMILES string of the molecule is Cc1ccc(NC(=O)c2ccc(-c3ccc(-c4ccccc4)cc3)[nH]c2=O)cc1. The van der Waals surface area contributed by atoms with Gasteiger partial charge < -0.3 is 10.3 Å². The van der Waals surface area contributed by atoms with E-state index in [1.54, 1.807) is 12.1 Å². The largest absolute Gasteiger partial charge is 0.322 e. The normalized spacial score (nSPS) is 10.5. The number of aromatic amines is 1. The summed E-state index contributed by atoms with van der Waals surface area (Å²) in [4.78, 5) is 27.7. The fraction of sp³-hybridized carbons (Fsp3) is 0.0400. The van der Waals surface area contributed by atoms with Gasteiger partial charge in [-0.1, -0.05) is 72.3 Å². The molecule has 0 aliphatic rings. The Labute approximate surface area is 168 Å². The minimum Gasteiger partial charge on any atom is -0.322 e. The number of hydrogen-bond acceptors (Lipinski definition) is 2. The molecule has 142 valence electrons. The van der Waals surface area contributed by atoms with Gasteiger partial charge in [0.1, 0.15) is 5.56 Å². The van der Waals surface area contributed by atoms with Crippen LogP contribution in [-0.2, 0) is 0 Å². The Morgan fingerprint density at radius 3 is 2.00 bits per heavy atom. The van der Waals surface area contributed by atoms with E-state index >= 15 is 0 Å². The highest BCUT2D eigenvalue weighted by Gasteiger charge is 2.12. The molecule has 29 heavy (non-hydrogen) atoms. The van der Waals surface area contributed by atoms with E-state index in [4.69, 9.17) is 0 Å². The second-order valence-corrected chi connectivity index (χ2v) is 6.88. The topological polar surface area (TPSA) is 62.0 Å². The first-order valence-electron chi connectivity index (χ1n) is 9.37. The number of carbonyl (C=O) groups is 1. The van der Waals surface area contributed by atoms with Crippen molar-refractivity contribution in [2.75, 3.05) is 5.32 Å². The summed E-state index contributed by atoms with van der Waals surface area (Å²) in [6.45, 7) is 1.97. The van der Waals surface area contributed by atoms with Crippen LogP contribution in [0.25, 0.3) is 22.4 Å². The fourth-order valence-corrected chi connectivity index (χ4v) is 3.13. The second-order valence-electron chi connectivity index (χ2n) is 6.88. The van der Waals surface area contributed by atoms with Crippen LogP contribution in [0.4, 0.5) is 5.69 Å². The highest BCUT2D eigenvalue weighted by molar-refractivity contribution is 6.04. The van der Waals surface area contributed by atoms with Crippen molar-refractivity contribution in [3.8, 4) is 22.4 Å². The van der Waals surface area contributed by atoms with Crippen LogP contribution >= 0.6 is 0 Å². The van der Waals surface area contributed by atoms with Gasteiger partial charge in [0.05, 0.1) is 0 Å². The summed E-state index contributed by atoms with van der Waals surface area (Å²) in [5.41, 5.74) is 5.20. The van der Waals surface area contributed by atoms with Crippen molar-refractivity contribution in [1.82, 2.24) is 4.98 Å². The lowest BCUT2D eigenvalue weighted by Crippen LogP contribution is -2.23. The number of rotatable bonds is 4. The molecule has 1 amide bonds. The average molecular weight is 380 g/mol. The van der Waals surface area contributed by atoms with E-state index in [1.165, 1.54) is 0 Å². The van der Waals surface area contributed by atoms with Gasteiger partial charge in [-0.25, -0.2) is 0 Å². The van der Waals surface area contributed by atoms with Crippen molar-refractivity contribution < 1.29 is 4.79 Å². The third-order valence-electron chi connectivity index (χ3n) is 4.77. The highest BCUT2D eigenvalue weighted by Crippen LogP contribution is 2.23. The van der Waals surface area contributed by atoms with Gasteiger partial charge in [-0.05, 0) is 47.9 Å². The quantitative estimate of drug-likeness (QED) is 0.507. The van der Waals surface area contributed by atoms with Gasteiger partial charge in [-0.2, -0.15) is 0 Å². The Hall–Kier alpha value is -3.92. The number of aryl methyl sites for hydroxylation is 1. The monoisotopic (exact) mass is 380 g/mol. The van der Waals surface area contributed by atoms with Gasteiger partial charge in [0.25, 0.3) is 11.5 Å². The number of nitrogens with one attached hydrogen (secondary N) is 2. The molecule has 4 nitrogen and oxygen atoms in total. The molecule has 0 atom stereocenters. The number of amides is 1. The summed E-state index contributed by atoms with van der Waals surface area (Å²) >= 11 is 0. The molecule has 0 aliphatic heterocycles. The maximum atomic E-state index is 12.5. The molecule has 4 aromatic rings. The summed E-state index contributed by atoms with van der Waals surface area (Å²) < 4.78 is 0. The fourth-order valence-electron chi connectivity index (χ4n) is 3.13. The number of pyridine rings is 1. The maximum Gasteiger partial charge on any atom is 0.261 e. The molecule has 0 aliphatic carbocycles. The molecule has 1 aromatic heterocycles. The zero-order valence-electron chi connectivity index (χ0n) is 16.0. The lowest BCUT2D eigenvalue weighted by molar-refractivity contribution is 0.102. The highest BCUT2D eigenvalue weighted by atomic mass is 16.2. The Morgan fingerprint density at radius 1 is 0.724 bits per heavy atom. The van der Waals surface area contributed by atoms with Crippen LogP contribution in [0, 0.1) is 6.92 Å². The van der Waals surface area contributed by atoms with Crippen molar-refractivity contribution in [3.63, 3.8) is 0 Å². The summed E-state index contributed by atoms with van der Waals surface area (Å²) in [5, 5.41) is 2.75. The summed E-state index contributed by atoms with van der Waals surface area (Å²) in [6.07, 6.45) is 0. The van der Waals surface area contributed by atoms with Gasteiger partial charge in [0.2, 0.25) is 0 Å². The molecule has 4 heteroatoms. The van der Waals surface area contributed by atoms with Crippen molar-refractivity contribution in [2.45, 2.75) is 6.92 Å². The first-order chi connectivity index (χ1) is 14.1. The molecule has 4 rings (SSSR count). The zero-order chi connectivity index (χ0) is 20.2. The molecule has 0 saturated carbocycles. The molecule has 3 aromatic carbocycles. The Bertz CT molecular complexity index is 1190. The third kappa shape index (κ3) is 4.17. The molecule has 0 radical (unpaired) electrons. The number of benzene rings is 3. The third-order valence-corrected chi connectivity index (χ3v) is 4.77. The van der Waals surface area contributed by atoms with E-state index in [0.29, 0.717) is 11.4 Å². The number of H-pyrrole nitrogens is 1. The van der Waals surface area contributed by atoms with Crippen molar-refractivity contribution in [2.24, 2.45) is 0 Å².